The summed E-state index contributed by atoms with van der Waals surface area (Å²) in [5, 5.41) is 13.1. The number of carbonyl (C=O) groups excluding carboxylic acids is 1. The van der Waals surface area contributed by atoms with E-state index in [2.05, 4.69) is 37.5 Å². The summed E-state index contributed by atoms with van der Waals surface area (Å²) in [7, 11) is 1.60. The van der Waals surface area contributed by atoms with Gasteiger partial charge < -0.3 is 14.5 Å². The van der Waals surface area contributed by atoms with Crippen molar-refractivity contribution >= 4 is 16.9 Å². The highest BCUT2D eigenvalue weighted by Crippen LogP contribution is 2.25. The fourth-order valence-corrected chi connectivity index (χ4v) is 4.45. The Bertz CT molecular complexity index is 1380. The number of carbonyl (C=O) groups is 1. The molecule has 10 heteroatoms. The maximum absolute atomic E-state index is 13.1. The minimum Gasteiger partial charge on any atom is -0.497 e. The molecule has 37 heavy (non-hydrogen) atoms. The Hall–Kier alpha value is -4.05. The molecule has 10 nitrogen and oxygen atoms in total. The number of aromatic amines is 1. The zero-order valence-corrected chi connectivity index (χ0v) is 21.4. The first-order valence-electron chi connectivity index (χ1n) is 12.4. The third-order valence-electron chi connectivity index (χ3n) is 6.30. The number of methoxy groups -OCH3 is 1. The highest BCUT2D eigenvalue weighted by molar-refractivity contribution is 5.80. The minimum absolute atomic E-state index is 0.0718. The van der Waals surface area contributed by atoms with Crippen molar-refractivity contribution in [1.29, 1.82) is 0 Å². The summed E-state index contributed by atoms with van der Waals surface area (Å²) >= 11 is 0. The summed E-state index contributed by atoms with van der Waals surface area (Å²) in [5.41, 5.74) is 2.38. The molecule has 0 aliphatic heterocycles. The van der Waals surface area contributed by atoms with Crippen LogP contribution in [-0.4, -0.2) is 56.3 Å². The normalized spacial score (nSPS) is 12.1. The fraction of sp³-hybridized carbons (Fsp3) is 0.370. The van der Waals surface area contributed by atoms with Gasteiger partial charge in [-0.05, 0) is 59.3 Å². The van der Waals surface area contributed by atoms with E-state index in [1.165, 1.54) is 10.2 Å². The molecule has 194 valence electrons. The summed E-state index contributed by atoms with van der Waals surface area (Å²) in [6, 6.07) is 17.5. The van der Waals surface area contributed by atoms with E-state index in [0.29, 0.717) is 42.2 Å². The number of nitrogens with one attached hydrogen (secondary N) is 1. The van der Waals surface area contributed by atoms with E-state index in [0.717, 1.165) is 11.8 Å². The van der Waals surface area contributed by atoms with E-state index in [9.17, 15) is 9.59 Å². The minimum atomic E-state index is -0.400. The topological polar surface area (TPSA) is 115 Å². The SMILES string of the molecule is CCOC(=O)Cn1nnnc1[C@H](CC)N(CCc1ccccc1)Cc1cc2ccc(OC)cc2[nH]c1=O. The van der Waals surface area contributed by atoms with Crippen molar-refractivity contribution in [2.24, 2.45) is 0 Å². The van der Waals surface area contributed by atoms with Gasteiger partial charge >= 0.3 is 5.97 Å². The number of pyridine rings is 1. The quantitative estimate of drug-likeness (QED) is 0.292. The first-order chi connectivity index (χ1) is 18.0. The monoisotopic (exact) mass is 504 g/mol. The molecular formula is C27H32N6O4. The van der Waals surface area contributed by atoms with E-state index in [1.807, 2.05) is 49.4 Å². The summed E-state index contributed by atoms with van der Waals surface area (Å²) < 4.78 is 11.9. The smallest absolute Gasteiger partial charge is 0.327 e. The Labute approximate surface area is 215 Å². The lowest BCUT2D eigenvalue weighted by molar-refractivity contribution is -0.144. The molecule has 2 aromatic carbocycles. The first-order valence-corrected chi connectivity index (χ1v) is 12.4. The molecule has 0 bridgehead atoms. The van der Waals surface area contributed by atoms with Gasteiger partial charge in [-0.25, -0.2) is 4.68 Å². The molecule has 0 aliphatic carbocycles. The van der Waals surface area contributed by atoms with Gasteiger partial charge in [0.1, 0.15) is 12.3 Å². The molecule has 2 aromatic heterocycles. The van der Waals surface area contributed by atoms with Crippen LogP contribution in [0, 0.1) is 0 Å². The van der Waals surface area contributed by atoms with Crippen molar-refractivity contribution in [2.45, 2.75) is 45.8 Å². The second kappa shape index (κ2) is 12.3. The molecule has 0 saturated carbocycles. The molecule has 0 fully saturated rings. The lowest BCUT2D eigenvalue weighted by atomic mass is 10.1. The zero-order valence-electron chi connectivity index (χ0n) is 21.4. The predicted octanol–water partition coefficient (Wildman–Crippen LogP) is 3.28. The Balaban J connectivity index is 1.66. The Morgan fingerprint density at radius 1 is 1.14 bits per heavy atom. The Kier molecular flexibility index (Phi) is 8.63. The maximum Gasteiger partial charge on any atom is 0.327 e. The number of benzene rings is 2. The fourth-order valence-electron chi connectivity index (χ4n) is 4.45. The van der Waals surface area contributed by atoms with Crippen molar-refractivity contribution in [2.75, 3.05) is 20.3 Å². The second-order valence-corrected chi connectivity index (χ2v) is 8.71. The van der Waals surface area contributed by atoms with Gasteiger partial charge in [-0.1, -0.05) is 37.3 Å². The number of aromatic nitrogens is 5. The van der Waals surface area contributed by atoms with Crippen molar-refractivity contribution < 1.29 is 14.3 Å². The summed E-state index contributed by atoms with van der Waals surface area (Å²) in [5.74, 6) is 0.841. The van der Waals surface area contributed by atoms with Gasteiger partial charge in [0.25, 0.3) is 5.56 Å². The average Bonchev–Trinajstić information content (AvgIpc) is 3.35. The first kappa shape index (κ1) is 26.0. The van der Waals surface area contributed by atoms with Crippen LogP contribution in [0.15, 0.2) is 59.4 Å². The van der Waals surface area contributed by atoms with Crippen LogP contribution < -0.4 is 10.3 Å². The van der Waals surface area contributed by atoms with Crippen LogP contribution in [0.2, 0.25) is 0 Å². The van der Waals surface area contributed by atoms with Gasteiger partial charge in [0.05, 0.1) is 25.3 Å². The zero-order chi connectivity index (χ0) is 26.2. The second-order valence-electron chi connectivity index (χ2n) is 8.71. The van der Waals surface area contributed by atoms with Crippen LogP contribution in [0.4, 0.5) is 0 Å². The molecule has 0 radical (unpaired) electrons. The van der Waals surface area contributed by atoms with Gasteiger partial charge in [0, 0.05) is 24.7 Å². The average molecular weight is 505 g/mol. The lowest BCUT2D eigenvalue weighted by Gasteiger charge is -2.30. The van der Waals surface area contributed by atoms with E-state index in [1.54, 1.807) is 14.0 Å². The third-order valence-corrected chi connectivity index (χ3v) is 6.30. The molecule has 1 N–H and O–H groups in total. The molecule has 0 aliphatic rings. The maximum atomic E-state index is 13.1. The van der Waals surface area contributed by atoms with E-state index in [-0.39, 0.29) is 24.8 Å². The number of ether oxygens (including phenoxy) is 2. The molecule has 0 saturated heterocycles. The van der Waals surface area contributed by atoms with Crippen LogP contribution in [0.1, 0.15) is 43.3 Å². The predicted molar refractivity (Wildman–Crippen MR) is 139 cm³/mol. The highest BCUT2D eigenvalue weighted by Gasteiger charge is 2.26. The number of esters is 1. The molecule has 4 rings (SSSR count). The largest absolute Gasteiger partial charge is 0.497 e. The lowest BCUT2D eigenvalue weighted by Crippen LogP contribution is -2.34. The van der Waals surface area contributed by atoms with E-state index >= 15 is 0 Å². The van der Waals surface area contributed by atoms with Crippen LogP contribution in [0.5, 0.6) is 5.75 Å². The number of hydrogen-bond donors (Lipinski definition) is 1. The number of H-pyrrole nitrogens is 1. The van der Waals surface area contributed by atoms with Crippen molar-refractivity contribution in [3.63, 3.8) is 0 Å². The van der Waals surface area contributed by atoms with Crippen LogP contribution >= 0.6 is 0 Å². The van der Waals surface area contributed by atoms with Crippen molar-refractivity contribution in [1.82, 2.24) is 30.1 Å². The molecule has 0 spiro atoms. The molecular weight excluding hydrogens is 472 g/mol. The highest BCUT2D eigenvalue weighted by atomic mass is 16.5. The number of tetrazole rings is 1. The Morgan fingerprint density at radius 3 is 2.68 bits per heavy atom. The van der Waals surface area contributed by atoms with Crippen molar-refractivity contribution in [3.8, 4) is 5.75 Å². The molecule has 1 atom stereocenters. The number of hydrogen-bond acceptors (Lipinski definition) is 8. The van der Waals surface area contributed by atoms with Gasteiger partial charge in [0.15, 0.2) is 5.82 Å². The molecule has 0 unspecified atom stereocenters. The van der Waals surface area contributed by atoms with Gasteiger partial charge in [-0.3, -0.25) is 14.5 Å². The van der Waals surface area contributed by atoms with Crippen LogP contribution in [0.3, 0.4) is 0 Å². The van der Waals surface area contributed by atoms with E-state index < -0.39 is 5.97 Å². The van der Waals surface area contributed by atoms with Crippen LogP contribution in [-0.2, 0) is 29.0 Å². The number of nitrogens with zero attached hydrogens (tertiary/aromatic N) is 5. The van der Waals surface area contributed by atoms with Gasteiger partial charge in [-0.15, -0.1) is 5.10 Å². The molecule has 0 amide bonds. The van der Waals surface area contributed by atoms with E-state index in [4.69, 9.17) is 9.47 Å². The standard InChI is InChI=1S/C27H32N6O4/c1-4-24(26-29-30-31-33(26)18-25(34)37-5-2)32(14-13-19-9-7-6-8-10-19)17-21-15-20-11-12-22(36-3)16-23(20)28-27(21)35/h6-12,15-16,24H,4-5,13-14,17-18H2,1-3H3,(H,28,35)/t24-/m0/s1. The summed E-state index contributed by atoms with van der Waals surface area (Å²) in [6.45, 7) is 5.06. The molecule has 4 aromatic rings. The number of fused-ring (bicyclic) bond motifs is 1. The Morgan fingerprint density at radius 2 is 1.95 bits per heavy atom. The molecule has 2 heterocycles. The third kappa shape index (κ3) is 6.39. The van der Waals surface area contributed by atoms with Crippen LogP contribution in [0.25, 0.3) is 10.9 Å². The summed E-state index contributed by atoms with van der Waals surface area (Å²) in [4.78, 5) is 30.4. The van der Waals surface area contributed by atoms with Crippen molar-refractivity contribution in [3.05, 3.63) is 81.9 Å². The van der Waals surface area contributed by atoms with Gasteiger partial charge in [0.2, 0.25) is 0 Å². The number of rotatable bonds is 12. The van der Waals surface area contributed by atoms with Gasteiger partial charge in [-0.2, -0.15) is 0 Å². The summed E-state index contributed by atoms with van der Waals surface area (Å²) in [6.07, 6.45) is 1.46.